The molecule has 0 atom stereocenters. The predicted molar refractivity (Wildman–Crippen MR) is 107 cm³/mol. The molecule has 0 spiro atoms. The smallest absolute Gasteiger partial charge is 0.344 e. The van der Waals surface area contributed by atoms with E-state index in [1.165, 1.54) is 13.5 Å². The van der Waals surface area contributed by atoms with Crippen LogP contribution in [-0.2, 0) is 4.74 Å². The van der Waals surface area contributed by atoms with E-state index in [1.807, 2.05) is 6.07 Å². The van der Waals surface area contributed by atoms with Gasteiger partial charge in [0.25, 0.3) is 0 Å². The summed E-state index contributed by atoms with van der Waals surface area (Å²) in [4.78, 5) is 14.6. The third-order valence-electron chi connectivity index (χ3n) is 5.22. The number of hydrogen-bond acceptors (Lipinski definition) is 6. The van der Waals surface area contributed by atoms with Crippen molar-refractivity contribution in [1.82, 2.24) is 0 Å². The second-order valence-corrected chi connectivity index (χ2v) is 6.91. The number of esters is 1. The van der Waals surface area contributed by atoms with Crippen LogP contribution in [0.5, 0.6) is 17.2 Å². The van der Waals surface area contributed by atoms with Gasteiger partial charge in [-0.1, -0.05) is 12.1 Å². The summed E-state index contributed by atoms with van der Waals surface area (Å²) in [7, 11) is 3.08. The van der Waals surface area contributed by atoms with Gasteiger partial charge in [0.15, 0.2) is 11.5 Å². The van der Waals surface area contributed by atoms with Crippen LogP contribution in [0.3, 0.4) is 0 Å². The summed E-state index contributed by atoms with van der Waals surface area (Å²) >= 11 is 0. The molecule has 6 heteroatoms. The third kappa shape index (κ3) is 3.15. The quantitative estimate of drug-likeness (QED) is 0.806. The lowest BCUT2D eigenvalue weighted by atomic mass is 10.0. The van der Waals surface area contributed by atoms with E-state index in [4.69, 9.17) is 14.2 Å². The zero-order valence-corrected chi connectivity index (χ0v) is 16.0. The Bertz CT molecular complexity index is 944. The summed E-state index contributed by atoms with van der Waals surface area (Å²) in [6, 6.07) is 8.78. The lowest BCUT2D eigenvalue weighted by Gasteiger charge is -2.30. The van der Waals surface area contributed by atoms with Gasteiger partial charge in [-0.2, -0.15) is 0 Å². The van der Waals surface area contributed by atoms with Crippen molar-refractivity contribution in [3.8, 4) is 17.2 Å². The molecule has 2 aromatic rings. The van der Waals surface area contributed by atoms with Crippen molar-refractivity contribution in [1.29, 1.82) is 0 Å². The van der Waals surface area contributed by atoms with Crippen LogP contribution in [0.2, 0.25) is 0 Å². The van der Waals surface area contributed by atoms with Gasteiger partial charge in [-0.3, -0.25) is 0 Å². The number of carbonyl (C=O) groups excluding carboxylic acids is 1. The molecule has 0 unspecified atom stereocenters. The second kappa shape index (κ2) is 7.46. The normalized spacial score (nSPS) is 17.4. The van der Waals surface area contributed by atoms with Gasteiger partial charge >= 0.3 is 5.97 Å². The number of methoxy groups -OCH3 is 2. The van der Waals surface area contributed by atoms with Gasteiger partial charge in [-0.05, 0) is 43.5 Å². The first-order chi connectivity index (χ1) is 13.6. The van der Waals surface area contributed by atoms with Gasteiger partial charge in [-0.15, -0.1) is 0 Å². The van der Waals surface area contributed by atoms with Crippen LogP contribution in [0.25, 0.3) is 11.8 Å². The number of cyclic esters (lactones) is 1. The zero-order valence-electron chi connectivity index (χ0n) is 16.0. The van der Waals surface area contributed by atoms with Crippen LogP contribution in [-0.4, -0.2) is 38.4 Å². The van der Waals surface area contributed by atoms with Crippen molar-refractivity contribution in [3.05, 3.63) is 47.0 Å². The number of aromatic hydroxyl groups is 1. The summed E-state index contributed by atoms with van der Waals surface area (Å²) in [5, 5.41) is 10.5. The van der Waals surface area contributed by atoms with Crippen LogP contribution in [0.15, 0.2) is 30.3 Å². The molecule has 146 valence electrons. The van der Waals surface area contributed by atoms with Crippen LogP contribution < -0.4 is 14.4 Å². The number of rotatable bonds is 4. The molecule has 4 rings (SSSR count). The minimum Gasteiger partial charge on any atom is -0.506 e. The largest absolute Gasteiger partial charge is 0.506 e. The van der Waals surface area contributed by atoms with Crippen LogP contribution in [0.4, 0.5) is 5.69 Å². The van der Waals surface area contributed by atoms with E-state index >= 15 is 0 Å². The van der Waals surface area contributed by atoms with E-state index in [0.29, 0.717) is 28.4 Å². The number of phenols is 1. The lowest BCUT2D eigenvalue weighted by Crippen LogP contribution is -2.30. The molecule has 28 heavy (non-hydrogen) atoms. The molecule has 1 fully saturated rings. The van der Waals surface area contributed by atoms with Crippen LogP contribution in [0.1, 0.15) is 40.7 Å². The first-order valence-corrected chi connectivity index (χ1v) is 9.39. The Morgan fingerprint density at radius 3 is 2.39 bits per heavy atom. The van der Waals surface area contributed by atoms with Gasteiger partial charge in [0, 0.05) is 24.2 Å². The molecule has 1 N–H and O–H groups in total. The number of ether oxygens (including phenoxy) is 3. The van der Waals surface area contributed by atoms with Crippen molar-refractivity contribution < 1.29 is 24.1 Å². The molecule has 2 heterocycles. The average molecular weight is 381 g/mol. The highest BCUT2D eigenvalue weighted by Gasteiger charge is 2.29. The van der Waals surface area contributed by atoms with Crippen molar-refractivity contribution in [2.75, 3.05) is 32.2 Å². The topological polar surface area (TPSA) is 68.2 Å². The number of carbonyl (C=O) groups is 1. The minimum absolute atomic E-state index is 0.230. The molecule has 0 radical (unpaired) electrons. The van der Waals surface area contributed by atoms with E-state index in [2.05, 4.69) is 4.90 Å². The van der Waals surface area contributed by atoms with E-state index in [1.54, 1.807) is 37.5 Å². The van der Waals surface area contributed by atoms with Crippen molar-refractivity contribution in [2.45, 2.75) is 19.3 Å². The highest BCUT2D eigenvalue weighted by Crippen LogP contribution is 2.41. The molecular formula is C22H23NO5. The number of nitrogens with zero attached hydrogens (tertiary/aromatic N) is 1. The lowest BCUT2D eigenvalue weighted by molar-refractivity contribution is 0.0717. The Hall–Kier alpha value is -3.15. The molecule has 0 saturated carbocycles. The van der Waals surface area contributed by atoms with E-state index in [-0.39, 0.29) is 5.75 Å². The number of anilines is 1. The number of benzene rings is 2. The maximum Gasteiger partial charge on any atom is 0.344 e. The number of hydrogen-bond donors (Lipinski definition) is 1. The molecule has 2 aliphatic rings. The number of fused-ring (bicyclic) bond motifs is 1. The summed E-state index contributed by atoms with van der Waals surface area (Å²) in [5.74, 6) is 1.24. The fourth-order valence-electron chi connectivity index (χ4n) is 3.84. The molecule has 0 bridgehead atoms. The number of piperidine rings is 1. The highest BCUT2D eigenvalue weighted by molar-refractivity contribution is 6.07. The molecule has 1 saturated heterocycles. The maximum atomic E-state index is 12.4. The molecular weight excluding hydrogens is 358 g/mol. The predicted octanol–water partition coefficient (Wildman–Crippen LogP) is 4.07. The van der Waals surface area contributed by atoms with Crippen LogP contribution >= 0.6 is 0 Å². The fraction of sp³-hybridized carbons (Fsp3) is 0.318. The number of para-hydroxylation sites is 1. The van der Waals surface area contributed by atoms with E-state index < -0.39 is 5.97 Å². The van der Waals surface area contributed by atoms with Crippen molar-refractivity contribution >= 4 is 23.5 Å². The maximum absolute atomic E-state index is 12.4. The molecule has 0 aliphatic carbocycles. The summed E-state index contributed by atoms with van der Waals surface area (Å²) in [6.07, 6.45) is 5.20. The molecule has 2 aromatic carbocycles. The molecule has 0 aromatic heterocycles. The van der Waals surface area contributed by atoms with Crippen molar-refractivity contribution in [3.63, 3.8) is 0 Å². The SMILES string of the molecule is COc1cc2c(cc1OC)/C(=C/c1cccc(O)c1N1CCCCC1)OC2=O. The van der Waals surface area contributed by atoms with Gasteiger partial charge < -0.3 is 24.2 Å². The Morgan fingerprint density at radius 1 is 1.04 bits per heavy atom. The standard InChI is InChI=1S/C22H23NO5/c1-26-19-12-15-16(13-20(19)27-2)22(25)28-18(15)11-14-7-6-8-17(24)21(14)23-9-4-3-5-10-23/h6-8,11-13,24H,3-5,9-10H2,1-2H3/b18-11-. The van der Waals surface area contributed by atoms with E-state index in [0.717, 1.165) is 37.2 Å². The monoisotopic (exact) mass is 381 g/mol. The Balaban J connectivity index is 1.80. The Morgan fingerprint density at radius 2 is 1.71 bits per heavy atom. The highest BCUT2D eigenvalue weighted by atomic mass is 16.5. The first-order valence-electron chi connectivity index (χ1n) is 9.39. The molecule has 0 amide bonds. The average Bonchev–Trinajstić information content (AvgIpc) is 3.02. The summed E-state index contributed by atoms with van der Waals surface area (Å²) in [5.41, 5.74) is 2.67. The molecule has 6 nitrogen and oxygen atoms in total. The second-order valence-electron chi connectivity index (χ2n) is 6.91. The summed E-state index contributed by atoms with van der Waals surface area (Å²) in [6.45, 7) is 1.80. The number of phenolic OH excluding ortho intramolecular Hbond substituents is 1. The summed E-state index contributed by atoms with van der Waals surface area (Å²) < 4.78 is 16.2. The van der Waals surface area contributed by atoms with Crippen LogP contribution in [0, 0.1) is 0 Å². The Labute approximate surface area is 163 Å². The van der Waals surface area contributed by atoms with Crippen molar-refractivity contribution in [2.24, 2.45) is 0 Å². The Kier molecular flexibility index (Phi) is 4.86. The van der Waals surface area contributed by atoms with Gasteiger partial charge in [0.05, 0.1) is 25.5 Å². The molecule has 2 aliphatic heterocycles. The minimum atomic E-state index is -0.429. The van der Waals surface area contributed by atoms with Gasteiger partial charge in [-0.25, -0.2) is 4.79 Å². The van der Waals surface area contributed by atoms with Gasteiger partial charge in [0.2, 0.25) is 0 Å². The van der Waals surface area contributed by atoms with Gasteiger partial charge in [0.1, 0.15) is 11.5 Å². The third-order valence-corrected chi connectivity index (χ3v) is 5.22. The first kappa shape index (κ1) is 18.2. The zero-order chi connectivity index (χ0) is 19.7. The fourth-order valence-corrected chi connectivity index (χ4v) is 3.84. The van der Waals surface area contributed by atoms with E-state index in [9.17, 15) is 9.90 Å².